The summed E-state index contributed by atoms with van der Waals surface area (Å²) >= 11 is 1.41. The summed E-state index contributed by atoms with van der Waals surface area (Å²) < 4.78 is 0. The fraction of sp³-hybridized carbons (Fsp3) is 0.375. The average molecular weight is 465 g/mol. The third-order valence-corrected chi connectivity index (χ3v) is 6.83. The van der Waals surface area contributed by atoms with E-state index in [9.17, 15) is 9.59 Å². The second-order valence-electron chi connectivity index (χ2n) is 9.02. The van der Waals surface area contributed by atoms with Crippen molar-refractivity contribution in [3.8, 4) is 0 Å². The Hall–Kier alpha value is -3.33. The van der Waals surface area contributed by atoms with E-state index in [1.807, 2.05) is 29.2 Å². The van der Waals surface area contributed by atoms with Gasteiger partial charge in [0.2, 0.25) is 11.9 Å². The largest absolute Gasteiger partial charge is 0.339 e. The van der Waals surface area contributed by atoms with Crippen LogP contribution in [0.1, 0.15) is 41.0 Å². The zero-order chi connectivity index (χ0) is 23.4. The summed E-state index contributed by atoms with van der Waals surface area (Å²) in [6.45, 7) is 8.96. The molecule has 1 saturated heterocycles. The molecule has 1 aliphatic rings. The number of benzene rings is 1. The van der Waals surface area contributed by atoms with Gasteiger partial charge in [0.05, 0.1) is 17.6 Å². The van der Waals surface area contributed by atoms with Crippen molar-refractivity contribution in [3.63, 3.8) is 0 Å². The van der Waals surface area contributed by atoms with Crippen molar-refractivity contribution in [3.05, 3.63) is 64.4 Å². The van der Waals surface area contributed by atoms with Gasteiger partial charge in [0.1, 0.15) is 4.88 Å². The number of piperazine rings is 1. The number of rotatable bonds is 5. The monoisotopic (exact) mass is 464 g/mol. The second kappa shape index (κ2) is 9.66. The van der Waals surface area contributed by atoms with Crippen LogP contribution >= 0.6 is 11.3 Å². The van der Waals surface area contributed by atoms with Crippen LogP contribution in [0.25, 0.3) is 0 Å². The molecular formula is C24H28N6O2S. The van der Waals surface area contributed by atoms with E-state index < -0.39 is 0 Å². The summed E-state index contributed by atoms with van der Waals surface area (Å²) in [4.78, 5) is 42.8. The number of nitrogens with one attached hydrogen (secondary N) is 1. The molecule has 0 spiro atoms. The van der Waals surface area contributed by atoms with Crippen LogP contribution in [0.15, 0.2) is 48.9 Å². The van der Waals surface area contributed by atoms with E-state index in [4.69, 9.17) is 0 Å². The van der Waals surface area contributed by atoms with E-state index in [0.29, 0.717) is 36.0 Å². The van der Waals surface area contributed by atoms with Crippen molar-refractivity contribution in [2.24, 2.45) is 0 Å². The first-order valence-electron chi connectivity index (χ1n) is 11.0. The molecule has 9 heteroatoms. The predicted octanol–water partition coefficient (Wildman–Crippen LogP) is 3.37. The SMILES string of the molecule is CC(C)(C)c1ncc(C(=O)Nc2ccc(CC(=O)N3CCN(c4ncccn4)CC3)cc2)s1. The number of aromatic nitrogens is 3. The summed E-state index contributed by atoms with van der Waals surface area (Å²) in [6.07, 6.45) is 5.41. The van der Waals surface area contributed by atoms with Crippen LogP contribution in [-0.4, -0.2) is 57.8 Å². The smallest absolute Gasteiger partial charge is 0.267 e. The Labute approximate surface area is 197 Å². The van der Waals surface area contributed by atoms with Gasteiger partial charge < -0.3 is 15.1 Å². The van der Waals surface area contributed by atoms with Crippen molar-refractivity contribution in [2.45, 2.75) is 32.6 Å². The third kappa shape index (κ3) is 5.73. The van der Waals surface area contributed by atoms with Gasteiger partial charge in [0.25, 0.3) is 5.91 Å². The highest BCUT2D eigenvalue weighted by molar-refractivity contribution is 7.13. The third-order valence-electron chi connectivity index (χ3n) is 5.41. The minimum absolute atomic E-state index is 0.0840. The topological polar surface area (TPSA) is 91.3 Å². The second-order valence-corrected chi connectivity index (χ2v) is 10.1. The van der Waals surface area contributed by atoms with E-state index >= 15 is 0 Å². The van der Waals surface area contributed by atoms with E-state index in [0.717, 1.165) is 23.7 Å². The molecule has 33 heavy (non-hydrogen) atoms. The van der Waals surface area contributed by atoms with Crippen molar-refractivity contribution >= 4 is 34.8 Å². The normalized spacial score (nSPS) is 14.3. The van der Waals surface area contributed by atoms with Crippen LogP contribution in [0.3, 0.4) is 0 Å². The Morgan fingerprint density at radius 1 is 1.00 bits per heavy atom. The van der Waals surface area contributed by atoms with E-state index in [1.165, 1.54) is 11.3 Å². The summed E-state index contributed by atoms with van der Waals surface area (Å²) in [5.41, 5.74) is 1.53. The molecule has 3 heterocycles. The Kier molecular flexibility index (Phi) is 6.69. The number of hydrogen-bond acceptors (Lipinski definition) is 7. The first-order chi connectivity index (χ1) is 15.8. The zero-order valence-electron chi connectivity index (χ0n) is 19.1. The fourth-order valence-electron chi connectivity index (χ4n) is 3.52. The molecule has 1 aromatic carbocycles. The van der Waals surface area contributed by atoms with E-state index in [2.05, 4.69) is 45.9 Å². The highest BCUT2D eigenvalue weighted by atomic mass is 32.1. The molecule has 8 nitrogen and oxygen atoms in total. The number of anilines is 2. The number of carbonyl (C=O) groups excluding carboxylic acids is 2. The fourth-order valence-corrected chi connectivity index (χ4v) is 4.39. The molecule has 0 saturated carbocycles. The van der Waals surface area contributed by atoms with Gasteiger partial charge in [-0.25, -0.2) is 15.0 Å². The van der Waals surface area contributed by atoms with E-state index in [1.54, 1.807) is 24.7 Å². The molecule has 1 fully saturated rings. The van der Waals surface area contributed by atoms with Crippen molar-refractivity contribution in [2.75, 3.05) is 36.4 Å². The maximum atomic E-state index is 12.7. The minimum atomic E-state index is -0.174. The Morgan fingerprint density at radius 3 is 2.27 bits per heavy atom. The Morgan fingerprint density at radius 2 is 1.67 bits per heavy atom. The molecule has 0 aliphatic carbocycles. The molecule has 1 aliphatic heterocycles. The quantitative estimate of drug-likeness (QED) is 0.623. The zero-order valence-corrected chi connectivity index (χ0v) is 19.9. The molecule has 0 unspecified atom stereocenters. The lowest BCUT2D eigenvalue weighted by molar-refractivity contribution is -0.130. The van der Waals surface area contributed by atoms with Crippen LogP contribution in [0.4, 0.5) is 11.6 Å². The Balaban J connectivity index is 1.28. The lowest BCUT2D eigenvalue weighted by atomic mass is 9.98. The molecule has 0 bridgehead atoms. The van der Waals surface area contributed by atoms with Gasteiger partial charge in [0, 0.05) is 49.7 Å². The van der Waals surface area contributed by atoms with Crippen LogP contribution < -0.4 is 10.2 Å². The van der Waals surface area contributed by atoms with Gasteiger partial charge in [0.15, 0.2) is 0 Å². The molecule has 0 atom stereocenters. The number of thiazole rings is 1. The summed E-state index contributed by atoms with van der Waals surface area (Å²) in [5, 5.41) is 3.84. The first-order valence-corrected chi connectivity index (χ1v) is 11.8. The lowest BCUT2D eigenvalue weighted by Crippen LogP contribution is -2.49. The van der Waals surface area contributed by atoms with Gasteiger partial charge in [-0.15, -0.1) is 11.3 Å². The van der Waals surface area contributed by atoms with Crippen LogP contribution in [0.2, 0.25) is 0 Å². The number of amides is 2. The van der Waals surface area contributed by atoms with Crippen molar-refractivity contribution in [1.82, 2.24) is 19.9 Å². The predicted molar refractivity (Wildman–Crippen MR) is 130 cm³/mol. The maximum Gasteiger partial charge on any atom is 0.267 e. The summed E-state index contributed by atoms with van der Waals surface area (Å²) in [6, 6.07) is 9.22. The van der Waals surface area contributed by atoms with Gasteiger partial charge >= 0.3 is 0 Å². The Bertz CT molecular complexity index is 1100. The number of hydrogen-bond donors (Lipinski definition) is 1. The average Bonchev–Trinajstić information content (AvgIpc) is 3.32. The molecule has 4 rings (SSSR count). The van der Waals surface area contributed by atoms with Crippen LogP contribution in [0.5, 0.6) is 0 Å². The van der Waals surface area contributed by atoms with Gasteiger partial charge in [-0.1, -0.05) is 32.9 Å². The molecule has 1 N–H and O–H groups in total. The summed E-state index contributed by atoms with van der Waals surface area (Å²) in [5.74, 6) is 0.627. The van der Waals surface area contributed by atoms with Gasteiger partial charge in [-0.2, -0.15) is 0 Å². The van der Waals surface area contributed by atoms with E-state index in [-0.39, 0.29) is 17.2 Å². The van der Waals surface area contributed by atoms with Crippen molar-refractivity contribution < 1.29 is 9.59 Å². The summed E-state index contributed by atoms with van der Waals surface area (Å²) in [7, 11) is 0. The molecule has 0 radical (unpaired) electrons. The maximum absolute atomic E-state index is 12.7. The molecule has 3 aromatic rings. The number of nitrogens with zero attached hydrogens (tertiary/aromatic N) is 5. The standard InChI is InChI=1S/C24H28N6O2S/c1-24(2,3)22-27-16-19(33-22)21(32)28-18-7-5-17(6-8-18)15-20(31)29-11-13-30(14-12-29)23-25-9-4-10-26-23/h4-10,16H,11-15H2,1-3H3,(H,28,32). The highest BCUT2D eigenvalue weighted by Crippen LogP contribution is 2.27. The lowest BCUT2D eigenvalue weighted by Gasteiger charge is -2.34. The molecular weight excluding hydrogens is 436 g/mol. The number of carbonyl (C=O) groups is 2. The van der Waals surface area contributed by atoms with Crippen LogP contribution in [0, 0.1) is 0 Å². The van der Waals surface area contributed by atoms with Crippen LogP contribution in [-0.2, 0) is 16.6 Å². The molecule has 2 aromatic heterocycles. The minimum Gasteiger partial charge on any atom is -0.339 e. The van der Waals surface area contributed by atoms with Gasteiger partial charge in [-0.05, 0) is 23.8 Å². The highest BCUT2D eigenvalue weighted by Gasteiger charge is 2.23. The van der Waals surface area contributed by atoms with Crippen molar-refractivity contribution in [1.29, 1.82) is 0 Å². The van der Waals surface area contributed by atoms with Gasteiger partial charge in [-0.3, -0.25) is 9.59 Å². The molecule has 172 valence electrons. The first kappa shape index (κ1) is 22.8. The molecule has 2 amide bonds.